The molecule has 3 rings (SSSR count). The molecule has 152 valence electrons. The number of carbonyl (C=O) groups excluding carboxylic acids is 2. The minimum Gasteiger partial charge on any atom is -0.352 e. The largest absolute Gasteiger partial charge is 0.352 e. The minimum atomic E-state index is -0.142. The lowest BCUT2D eigenvalue weighted by Gasteiger charge is -2.14. The number of hydrogen-bond donors (Lipinski definition) is 1. The van der Waals surface area contributed by atoms with E-state index in [1.807, 2.05) is 41.3 Å². The zero-order valence-electron chi connectivity index (χ0n) is 15.9. The highest BCUT2D eigenvalue weighted by Gasteiger charge is 2.18. The van der Waals surface area contributed by atoms with Gasteiger partial charge in [0, 0.05) is 46.9 Å². The summed E-state index contributed by atoms with van der Waals surface area (Å²) in [5.74, 6) is 0.0745. The molecule has 0 aromatic heterocycles. The van der Waals surface area contributed by atoms with Crippen molar-refractivity contribution in [2.75, 3.05) is 19.6 Å². The van der Waals surface area contributed by atoms with E-state index >= 15 is 0 Å². The second-order valence-electron chi connectivity index (χ2n) is 6.71. The highest BCUT2D eigenvalue weighted by Crippen LogP contribution is 2.35. The molecule has 1 aliphatic heterocycles. The van der Waals surface area contributed by atoms with Crippen LogP contribution in [-0.4, -0.2) is 36.3 Å². The number of halogens is 2. The summed E-state index contributed by atoms with van der Waals surface area (Å²) < 4.78 is 0. The van der Waals surface area contributed by atoms with Gasteiger partial charge < -0.3 is 10.2 Å². The molecule has 0 unspecified atom stereocenters. The molecule has 1 fully saturated rings. The van der Waals surface area contributed by atoms with Crippen LogP contribution in [0.15, 0.2) is 58.3 Å². The molecule has 1 saturated heterocycles. The maximum Gasteiger partial charge on any atom is 0.244 e. The summed E-state index contributed by atoms with van der Waals surface area (Å²) in [6.45, 7) is 2.09. The van der Waals surface area contributed by atoms with Gasteiger partial charge in [0.05, 0.1) is 5.02 Å². The molecule has 1 heterocycles. The fourth-order valence-corrected chi connectivity index (χ4v) is 4.43. The van der Waals surface area contributed by atoms with Gasteiger partial charge in [-0.25, -0.2) is 0 Å². The fraction of sp³-hybridized carbons (Fsp3) is 0.273. The Morgan fingerprint density at radius 1 is 1.21 bits per heavy atom. The summed E-state index contributed by atoms with van der Waals surface area (Å²) in [5.41, 5.74) is 0.929. The third-order valence-electron chi connectivity index (χ3n) is 4.48. The Hall–Kier alpha value is -1.95. The number of benzene rings is 2. The summed E-state index contributed by atoms with van der Waals surface area (Å²) in [4.78, 5) is 27.4. The number of nitrogens with one attached hydrogen (secondary N) is 1. The molecular formula is C22H22Cl2N2O2S. The van der Waals surface area contributed by atoms with E-state index < -0.39 is 0 Å². The van der Waals surface area contributed by atoms with Gasteiger partial charge in [0.2, 0.25) is 11.8 Å². The van der Waals surface area contributed by atoms with Gasteiger partial charge in [-0.15, -0.1) is 0 Å². The molecule has 0 atom stereocenters. The average molecular weight is 449 g/mol. The van der Waals surface area contributed by atoms with Gasteiger partial charge in [-0.05, 0) is 54.8 Å². The molecule has 0 radical (unpaired) electrons. The number of amides is 2. The topological polar surface area (TPSA) is 49.4 Å². The molecule has 2 amide bonds. The minimum absolute atomic E-state index is 0.142. The smallest absolute Gasteiger partial charge is 0.244 e. The van der Waals surface area contributed by atoms with E-state index in [1.54, 1.807) is 23.9 Å². The monoisotopic (exact) mass is 448 g/mol. The van der Waals surface area contributed by atoms with Crippen molar-refractivity contribution >= 4 is 52.9 Å². The van der Waals surface area contributed by atoms with Crippen LogP contribution >= 0.6 is 35.0 Å². The average Bonchev–Trinajstić information content (AvgIpc) is 3.11. The van der Waals surface area contributed by atoms with Crippen LogP contribution in [0.3, 0.4) is 0 Å². The Bertz CT molecular complexity index is 917. The van der Waals surface area contributed by atoms with Crippen molar-refractivity contribution in [2.24, 2.45) is 0 Å². The van der Waals surface area contributed by atoms with Gasteiger partial charge in [-0.3, -0.25) is 9.59 Å². The first kappa shape index (κ1) is 21.8. The van der Waals surface area contributed by atoms with E-state index in [9.17, 15) is 9.59 Å². The molecular weight excluding hydrogens is 427 g/mol. The predicted molar refractivity (Wildman–Crippen MR) is 120 cm³/mol. The molecule has 1 N–H and O–H groups in total. The predicted octanol–water partition coefficient (Wildman–Crippen LogP) is 5.29. The number of carbonyl (C=O) groups is 2. The number of rotatable bonds is 8. The Morgan fingerprint density at radius 3 is 2.83 bits per heavy atom. The Morgan fingerprint density at radius 2 is 2.07 bits per heavy atom. The summed E-state index contributed by atoms with van der Waals surface area (Å²) in [6, 6.07) is 13.3. The molecule has 0 saturated carbocycles. The molecule has 0 spiro atoms. The molecule has 0 aliphatic carbocycles. The van der Waals surface area contributed by atoms with E-state index in [1.165, 1.54) is 6.08 Å². The van der Waals surface area contributed by atoms with Crippen molar-refractivity contribution in [1.29, 1.82) is 0 Å². The van der Waals surface area contributed by atoms with Gasteiger partial charge in [0.25, 0.3) is 0 Å². The lowest BCUT2D eigenvalue weighted by molar-refractivity contribution is -0.127. The fourth-order valence-electron chi connectivity index (χ4n) is 3.02. The van der Waals surface area contributed by atoms with Crippen molar-refractivity contribution in [2.45, 2.75) is 29.1 Å². The van der Waals surface area contributed by atoms with Gasteiger partial charge in [0.15, 0.2) is 0 Å². The summed E-state index contributed by atoms with van der Waals surface area (Å²) in [6.07, 6.45) is 5.67. The first-order valence-corrected chi connectivity index (χ1v) is 11.1. The van der Waals surface area contributed by atoms with E-state index in [0.717, 1.165) is 34.7 Å². The van der Waals surface area contributed by atoms with E-state index in [4.69, 9.17) is 23.2 Å². The van der Waals surface area contributed by atoms with E-state index in [2.05, 4.69) is 5.32 Å². The van der Waals surface area contributed by atoms with Gasteiger partial charge in [-0.2, -0.15) is 0 Å². The highest BCUT2D eigenvalue weighted by molar-refractivity contribution is 7.99. The Balaban J connectivity index is 1.48. The summed E-state index contributed by atoms with van der Waals surface area (Å²) in [5, 5.41) is 4.08. The van der Waals surface area contributed by atoms with Crippen molar-refractivity contribution in [3.05, 3.63) is 64.1 Å². The SMILES string of the molecule is O=C(/C=C/c1cccc(Sc2ccc(Cl)cc2Cl)c1)NCCCN1CCCC1=O. The Kier molecular flexibility index (Phi) is 8.04. The molecule has 29 heavy (non-hydrogen) atoms. The standard InChI is InChI=1S/C22H22Cl2N2O2S/c23-17-8-9-20(19(24)15-17)29-18-5-1-4-16(14-18)7-10-21(27)25-11-3-13-26-12-2-6-22(26)28/h1,4-5,7-10,14-15H,2-3,6,11-13H2,(H,25,27)/b10-7+. The zero-order valence-corrected chi connectivity index (χ0v) is 18.2. The van der Waals surface area contributed by atoms with Crippen molar-refractivity contribution in [3.8, 4) is 0 Å². The summed E-state index contributed by atoms with van der Waals surface area (Å²) in [7, 11) is 0. The van der Waals surface area contributed by atoms with Crippen molar-refractivity contribution in [1.82, 2.24) is 10.2 Å². The Labute approximate surface area is 185 Å². The lowest BCUT2D eigenvalue weighted by Crippen LogP contribution is -2.29. The normalized spacial score (nSPS) is 14.0. The molecule has 2 aromatic rings. The zero-order chi connectivity index (χ0) is 20.6. The number of nitrogens with zero attached hydrogens (tertiary/aromatic N) is 1. The van der Waals surface area contributed by atoms with Crippen molar-refractivity contribution in [3.63, 3.8) is 0 Å². The van der Waals surface area contributed by atoms with Crippen molar-refractivity contribution < 1.29 is 9.59 Å². The molecule has 2 aromatic carbocycles. The quantitative estimate of drug-likeness (QED) is 0.440. The van der Waals surface area contributed by atoms with Crippen LogP contribution in [0.2, 0.25) is 10.0 Å². The molecule has 4 nitrogen and oxygen atoms in total. The second kappa shape index (κ2) is 10.7. The van der Waals surface area contributed by atoms with Gasteiger partial charge in [0.1, 0.15) is 0 Å². The summed E-state index contributed by atoms with van der Waals surface area (Å²) >= 11 is 13.7. The first-order chi connectivity index (χ1) is 14.0. The van der Waals surface area contributed by atoms with Crippen LogP contribution in [0.25, 0.3) is 6.08 Å². The van der Waals surface area contributed by atoms with Crippen LogP contribution in [0.1, 0.15) is 24.8 Å². The van der Waals surface area contributed by atoms with Gasteiger partial charge >= 0.3 is 0 Å². The maximum atomic E-state index is 12.0. The maximum absolute atomic E-state index is 12.0. The van der Waals surface area contributed by atoms with Crippen LogP contribution < -0.4 is 5.32 Å². The van der Waals surface area contributed by atoms with Crippen LogP contribution in [0.5, 0.6) is 0 Å². The number of hydrogen-bond acceptors (Lipinski definition) is 3. The second-order valence-corrected chi connectivity index (χ2v) is 8.67. The van der Waals surface area contributed by atoms with E-state index in [-0.39, 0.29) is 11.8 Å². The first-order valence-electron chi connectivity index (χ1n) is 9.48. The van der Waals surface area contributed by atoms with Crippen LogP contribution in [-0.2, 0) is 9.59 Å². The van der Waals surface area contributed by atoms with Crippen LogP contribution in [0.4, 0.5) is 0 Å². The van der Waals surface area contributed by atoms with E-state index in [0.29, 0.717) is 29.6 Å². The third-order valence-corrected chi connectivity index (χ3v) is 6.21. The third kappa shape index (κ3) is 6.81. The molecule has 0 bridgehead atoms. The van der Waals surface area contributed by atoms with Gasteiger partial charge in [-0.1, -0.05) is 47.1 Å². The van der Waals surface area contributed by atoms with Crippen LogP contribution in [0, 0.1) is 0 Å². The molecule has 1 aliphatic rings. The highest BCUT2D eigenvalue weighted by atomic mass is 35.5. The molecule has 7 heteroatoms. The lowest BCUT2D eigenvalue weighted by atomic mass is 10.2. The number of likely N-dealkylation sites (tertiary alicyclic amines) is 1.